The van der Waals surface area contributed by atoms with E-state index in [1.807, 2.05) is 0 Å². The van der Waals surface area contributed by atoms with Gasteiger partial charge in [0.25, 0.3) is 0 Å². The lowest BCUT2D eigenvalue weighted by atomic mass is 10.3. The molecule has 0 aliphatic heterocycles. The fourth-order valence-electron chi connectivity index (χ4n) is 1.24. The topological polar surface area (TPSA) is 46.5 Å². The molecule has 5 heteroatoms. The van der Waals surface area contributed by atoms with Gasteiger partial charge in [-0.1, -0.05) is 11.6 Å². The largest absolute Gasteiger partial charge is 0.478 e. The quantitative estimate of drug-likeness (QED) is 0.868. The minimum atomic E-state index is -1.15. The second-order valence-corrected chi connectivity index (χ2v) is 3.88. The summed E-state index contributed by atoms with van der Waals surface area (Å²) in [6.45, 7) is 0. The van der Waals surface area contributed by atoms with Crippen molar-refractivity contribution in [2.75, 3.05) is 0 Å². The number of halogens is 2. The number of carboxylic acids is 1. The van der Waals surface area contributed by atoms with E-state index in [4.69, 9.17) is 21.4 Å². The van der Waals surface area contributed by atoms with Crippen LogP contribution in [-0.4, -0.2) is 16.7 Å². The van der Waals surface area contributed by atoms with E-state index in [9.17, 15) is 9.18 Å². The van der Waals surface area contributed by atoms with Gasteiger partial charge in [0.15, 0.2) is 0 Å². The third kappa shape index (κ3) is 1.90. The van der Waals surface area contributed by atoms with Gasteiger partial charge in [-0.3, -0.25) is 0 Å². The molecule has 0 heterocycles. The van der Waals surface area contributed by atoms with Crippen LogP contribution in [0.25, 0.3) is 0 Å². The Labute approximate surface area is 90.4 Å². The monoisotopic (exact) mass is 230 g/mol. The van der Waals surface area contributed by atoms with Crippen molar-refractivity contribution in [2.45, 2.75) is 18.4 Å². The van der Waals surface area contributed by atoms with Crippen LogP contribution in [0.15, 0.2) is 18.2 Å². The molecule has 15 heavy (non-hydrogen) atoms. The van der Waals surface area contributed by atoms with Crippen molar-refractivity contribution < 1.29 is 19.0 Å². The van der Waals surface area contributed by atoms with Crippen molar-refractivity contribution in [3.05, 3.63) is 29.0 Å². The van der Waals surface area contributed by atoms with Crippen molar-refractivity contribution in [1.82, 2.24) is 0 Å². The second-order valence-electron chi connectivity index (χ2n) is 3.48. The van der Waals surface area contributed by atoms with Gasteiger partial charge in [0, 0.05) is 12.8 Å². The Morgan fingerprint density at radius 2 is 2.20 bits per heavy atom. The third-order valence-electron chi connectivity index (χ3n) is 2.29. The molecule has 1 fully saturated rings. The molecular formula is C10H8ClFO3. The Morgan fingerprint density at radius 1 is 1.53 bits per heavy atom. The van der Waals surface area contributed by atoms with Gasteiger partial charge in [-0.05, 0) is 18.2 Å². The Bertz CT molecular complexity index is 415. The van der Waals surface area contributed by atoms with E-state index >= 15 is 0 Å². The van der Waals surface area contributed by atoms with Gasteiger partial charge in [0.1, 0.15) is 11.6 Å². The van der Waals surface area contributed by atoms with Crippen molar-refractivity contribution in [3.8, 4) is 5.75 Å². The molecule has 1 aliphatic carbocycles. The molecule has 0 radical (unpaired) electrons. The fourth-order valence-corrected chi connectivity index (χ4v) is 1.45. The number of benzene rings is 1. The molecule has 0 aromatic heterocycles. The van der Waals surface area contributed by atoms with Gasteiger partial charge >= 0.3 is 5.97 Å². The molecule has 1 aromatic rings. The molecule has 3 nitrogen and oxygen atoms in total. The van der Waals surface area contributed by atoms with Crippen LogP contribution in [-0.2, 0) is 4.79 Å². The summed E-state index contributed by atoms with van der Waals surface area (Å²) >= 11 is 5.71. The summed E-state index contributed by atoms with van der Waals surface area (Å²) < 4.78 is 18.0. The normalized spacial score (nSPS) is 17.2. The minimum Gasteiger partial charge on any atom is -0.478 e. The van der Waals surface area contributed by atoms with Crippen LogP contribution in [0.3, 0.4) is 0 Å². The smallest absolute Gasteiger partial charge is 0.348 e. The van der Waals surface area contributed by atoms with Crippen LogP contribution in [0.1, 0.15) is 12.8 Å². The van der Waals surface area contributed by atoms with E-state index in [0.717, 1.165) is 6.07 Å². The average molecular weight is 231 g/mol. The Kier molecular flexibility index (Phi) is 2.31. The number of ether oxygens (including phenoxy) is 1. The standard InChI is InChI=1S/C10H8ClFO3/c11-7-5-6(12)1-2-8(7)15-10(3-4-10)9(13)14/h1-2,5H,3-4H2,(H,13,14). The summed E-state index contributed by atoms with van der Waals surface area (Å²) in [6, 6.07) is 3.61. The Morgan fingerprint density at radius 3 is 2.67 bits per heavy atom. The van der Waals surface area contributed by atoms with E-state index in [2.05, 4.69) is 0 Å². The first-order valence-electron chi connectivity index (χ1n) is 4.41. The maximum absolute atomic E-state index is 12.7. The molecule has 0 spiro atoms. The van der Waals surface area contributed by atoms with Crippen LogP contribution in [0.4, 0.5) is 4.39 Å². The van der Waals surface area contributed by atoms with E-state index in [1.54, 1.807) is 0 Å². The van der Waals surface area contributed by atoms with Gasteiger partial charge in [-0.25, -0.2) is 9.18 Å². The van der Waals surface area contributed by atoms with Crippen molar-refractivity contribution in [3.63, 3.8) is 0 Å². The highest BCUT2D eigenvalue weighted by Crippen LogP contribution is 2.42. The van der Waals surface area contributed by atoms with E-state index in [0.29, 0.717) is 12.8 Å². The summed E-state index contributed by atoms with van der Waals surface area (Å²) in [7, 11) is 0. The van der Waals surface area contributed by atoms with Crippen LogP contribution >= 0.6 is 11.6 Å². The average Bonchev–Trinajstić information content (AvgIpc) is 2.91. The number of aliphatic carboxylic acids is 1. The first-order chi connectivity index (χ1) is 7.03. The molecule has 0 bridgehead atoms. The molecule has 0 unspecified atom stereocenters. The van der Waals surface area contributed by atoms with Crippen LogP contribution in [0, 0.1) is 5.82 Å². The first-order valence-corrected chi connectivity index (χ1v) is 4.79. The van der Waals surface area contributed by atoms with Crippen LogP contribution in [0.2, 0.25) is 5.02 Å². The molecule has 1 aromatic carbocycles. The predicted molar refractivity (Wildman–Crippen MR) is 51.6 cm³/mol. The highest BCUT2D eigenvalue weighted by Gasteiger charge is 2.53. The number of hydrogen-bond acceptors (Lipinski definition) is 2. The summed E-state index contributed by atoms with van der Waals surface area (Å²) in [5.41, 5.74) is -1.15. The van der Waals surface area contributed by atoms with Gasteiger partial charge in [0.05, 0.1) is 5.02 Å². The summed E-state index contributed by atoms with van der Waals surface area (Å²) in [5.74, 6) is -1.28. The Balaban J connectivity index is 2.21. The lowest BCUT2D eigenvalue weighted by molar-refractivity contribution is -0.147. The van der Waals surface area contributed by atoms with Gasteiger partial charge in [0.2, 0.25) is 5.60 Å². The molecular weight excluding hydrogens is 223 g/mol. The molecule has 0 atom stereocenters. The van der Waals surface area contributed by atoms with E-state index < -0.39 is 17.4 Å². The van der Waals surface area contributed by atoms with Crippen molar-refractivity contribution >= 4 is 17.6 Å². The number of hydrogen-bond donors (Lipinski definition) is 1. The maximum Gasteiger partial charge on any atom is 0.348 e. The number of rotatable bonds is 3. The molecule has 80 valence electrons. The van der Waals surface area contributed by atoms with Crippen molar-refractivity contribution in [1.29, 1.82) is 0 Å². The van der Waals surface area contributed by atoms with Gasteiger partial charge in [-0.2, -0.15) is 0 Å². The minimum absolute atomic E-state index is 0.0857. The zero-order valence-corrected chi connectivity index (χ0v) is 8.42. The van der Waals surface area contributed by atoms with E-state index in [1.165, 1.54) is 12.1 Å². The molecule has 0 amide bonds. The molecule has 1 saturated carbocycles. The first kappa shape index (κ1) is 10.2. The number of carbonyl (C=O) groups is 1. The highest BCUT2D eigenvalue weighted by atomic mass is 35.5. The molecule has 2 rings (SSSR count). The number of carboxylic acid groups (broad SMARTS) is 1. The zero-order valence-electron chi connectivity index (χ0n) is 7.67. The van der Waals surface area contributed by atoms with Gasteiger partial charge in [-0.15, -0.1) is 0 Å². The zero-order chi connectivity index (χ0) is 11.1. The van der Waals surface area contributed by atoms with Crippen LogP contribution < -0.4 is 4.74 Å². The summed E-state index contributed by atoms with van der Waals surface area (Å²) in [4.78, 5) is 10.8. The summed E-state index contributed by atoms with van der Waals surface area (Å²) in [6.07, 6.45) is 0.909. The SMILES string of the molecule is O=C(O)C1(Oc2ccc(F)cc2Cl)CC1. The van der Waals surface area contributed by atoms with E-state index in [-0.39, 0.29) is 10.8 Å². The summed E-state index contributed by atoms with van der Waals surface area (Å²) in [5, 5.41) is 8.95. The second kappa shape index (κ2) is 3.38. The molecule has 1 aliphatic rings. The van der Waals surface area contributed by atoms with Gasteiger partial charge < -0.3 is 9.84 Å². The molecule has 1 N–H and O–H groups in total. The lowest BCUT2D eigenvalue weighted by Crippen LogP contribution is -2.29. The maximum atomic E-state index is 12.7. The fraction of sp³-hybridized carbons (Fsp3) is 0.300. The Hall–Kier alpha value is -1.29. The molecule has 0 saturated heterocycles. The predicted octanol–water partition coefficient (Wildman–Crippen LogP) is 2.48. The van der Waals surface area contributed by atoms with Crippen LogP contribution in [0.5, 0.6) is 5.75 Å². The highest BCUT2D eigenvalue weighted by molar-refractivity contribution is 6.32. The third-order valence-corrected chi connectivity index (χ3v) is 2.59. The lowest BCUT2D eigenvalue weighted by Gasteiger charge is -2.14. The van der Waals surface area contributed by atoms with Crippen molar-refractivity contribution in [2.24, 2.45) is 0 Å².